The summed E-state index contributed by atoms with van der Waals surface area (Å²) in [5, 5.41) is 0. The molecule has 3 aliphatic rings. The first-order chi connectivity index (χ1) is 13.7. The molecule has 1 unspecified atom stereocenters. The second kappa shape index (κ2) is 9.18. The van der Waals surface area contributed by atoms with Gasteiger partial charge >= 0.3 is 0 Å². The van der Waals surface area contributed by atoms with E-state index in [-0.39, 0.29) is 5.82 Å². The van der Waals surface area contributed by atoms with Crippen LogP contribution in [0.15, 0.2) is 12.1 Å². The van der Waals surface area contributed by atoms with Crippen LogP contribution in [0.3, 0.4) is 0 Å². The van der Waals surface area contributed by atoms with E-state index in [0.29, 0.717) is 12.0 Å². The van der Waals surface area contributed by atoms with Gasteiger partial charge in [-0.1, -0.05) is 39.5 Å². The Labute approximate surface area is 171 Å². The average Bonchev–Trinajstić information content (AvgIpc) is 2.74. The largest absolute Gasteiger partial charge is 0.490 e. The zero-order chi connectivity index (χ0) is 19.5. The molecular weight excluding hydrogens is 347 g/mol. The van der Waals surface area contributed by atoms with E-state index in [0.717, 1.165) is 48.3 Å². The van der Waals surface area contributed by atoms with Crippen LogP contribution in [0.1, 0.15) is 95.6 Å². The van der Waals surface area contributed by atoms with Gasteiger partial charge in [-0.2, -0.15) is 0 Å². The highest BCUT2D eigenvalue weighted by Gasteiger charge is 2.35. The van der Waals surface area contributed by atoms with E-state index in [1.54, 1.807) is 6.07 Å². The SMILES string of the molecule is CCCC1CCC(C2CCC(C3CCc4cc(CC)c(F)cc4O3)CC2)CC1. The van der Waals surface area contributed by atoms with Crippen LogP contribution in [0, 0.1) is 29.5 Å². The lowest BCUT2D eigenvalue weighted by atomic mass is 9.67. The first-order valence-electron chi connectivity index (χ1n) is 12.2. The Morgan fingerprint density at radius 1 is 0.857 bits per heavy atom. The molecule has 2 heteroatoms. The molecule has 1 nitrogen and oxygen atoms in total. The van der Waals surface area contributed by atoms with Gasteiger partial charge in [0.15, 0.2) is 0 Å². The summed E-state index contributed by atoms with van der Waals surface area (Å²) in [6, 6.07) is 3.69. The van der Waals surface area contributed by atoms with Crippen molar-refractivity contribution in [2.24, 2.45) is 23.7 Å². The number of aryl methyl sites for hydroxylation is 2. The Kier molecular flexibility index (Phi) is 6.63. The third-order valence-electron chi connectivity index (χ3n) is 8.18. The normalized spacial score (nSPS) is 33.2. The van der Waals surface area contributed by atoms with E-state index in [1.165, 1.54) is 69.8 Å². The molecule has 0 amide bonds. The number of halogens is 1. The van der Waals surface area contributed by atoms with Gasteiger partial charge in [-0.15, -0.1) is 0 Å². The highest BCUT2D eigenvalue weighted by molar-refractivity contribution is 5.40. The standard InChI is InChI=1S/C26H39FO/c1-3-5-18-6-8-20(9-7-18)21-10-12-22(13-11-21)25-15-14-23-16-19(4-2)24(27)17-26(23)28-25/h16-18,20-22,25H,3-15H2,1-2H3. The average molecular weight is 387 g/mol. The molecule has 1 aliphatic heterocycles. The summed E-state index contributed by atoms with van der Waals surface area (Å²) < 4.78 is 20.5. The van der Waals surface area contributed by atoms with Gasteiger partial charge in [-0.05, 0) is 98.7 Å². The minimum Gasteiger partial charge on any atom is -0.490 e. The Hall–Kier alpha value is -1.05. The summed E-state index contributed by atoms with van der Waals surface area (Å²) >= 11 is 0. The van der Waals surface area contributed by atoms with Crippen LogP contribution in [-0.4, -0.2) is 6.10 Å². The molecule has 2 fully saturated rings. The van der Waals surface area contributed by atoms with Crippen molar-refractivity contribution < 1.29 is 9.13 Å². The minimum absolute atomic E-state index is 0.0933. The van der Waals surface area contributed by atoms with E-state index in [1.807, 2.05) is 13.0 Å². The maximum Gasteiger partial charge on any atom is 0.130 e. The number of benzene rings is 1. The van der Waals surface area contributed by atoms with Gasteiger partial charge in [0.05, 0.1) is 0 Å². The highest BCUT2D eigenvalue weighted by atomic mass is 19.1. The molecule has 1 atom stereocenters. The fraction of sp³-hybridized carbons (Fsp3) is 0.769. The molecule has 2 aliphatic carbocycles. The summed E-state index contributed by atoms with van der Waals surface area (Å²) in [6.45, 7) is 4.35. The molecule has 28 heavy (non-hydrogen) atoms. The van der Waals surface area contributed by atoms with Crippen molar-refractivity contribution in [2.45, 2.75) is 103 Å². The molecule has 1 aromatic carbocycles. The summed E-state index contributed by atoms with van der Waals surface area (Å²) in [7, 11) is 0. The van der Waals surface area contributed by atoms with Gasteiger partial charge < -0.3 is 4.74 Å². The maximum absolute atomic E-state index is 14.2. The van der Waals surface area contributed by atoms with Gasteiger partial charge in [0.25, 0.3) is 0 Å². The third kappa shape index (κ3) is 4.41. The van der Waals surface area contributed by atoms with Crippen LogP contribution in [0.2, 0.25) is 0 Å². The number of hydrogen-bond donors (Lipinski definition) is 0. The lowest BCUT2D eigenvalue weighted by molar-refractivity contribution is 0.0596. The smallest absolute Gasteiger partial charge is 0.130 e. The van der Waals surface area contributed by atoms with Gasteiger partial charge in [0, 0.05) is 6.07 Å². The van der Waals surface area contributed by atoms with Crippen molar-refractivity contribution in [2.75, 3.05) is 0 Å². The Morgan fingerprint density at radius 2 is 1.50 bits per heavy atom. The van der Waals surface area contributed by atoms with Crippen LogP contribution in [0.4, 0.5) is 4.39 Å². The molecule has 2 saturated carbocycles. The first kappa shape index (κ1) is 20.2. The molecule has 0 spiro atoms. The van der Waals surface area contributed by atoms with Crippen molar-refractivity contribution in [3.63, 3.8) is 0 Å². The third-order valence-corrected chi connectivity index (χ3v) is 8.18. The monoisotopic (exact) mass is 386 g/mol. The van der Waals surface area contributed by atoms with Crippen molar-refractivity contribution in [1.29, 1.82) is 0 Å². The van der Waals surface area contributed by atoms with Crippen LogP contribution in [0.25, 0.3) is 0 Å². The molecule has 0 radical (unpaired) electrons. The topological polar surface area (TPSA) is 9.23 Å². The predicted molar refractivity (Wildman–Crippen MR) is 114 cm³/mol. The van der Waals surface area contributed by atoms with Gasteiger partial charge in [0.1, 0.15) is 17.7 Å². The van der Waals surface area contributed by atoms with Crippen LogP contribution >= 0.6 is 0 Å². The van der Waals surface area contributed by atoms with E-state index in [4.69, 9.17) is 4.74 Å². The molecular formula is C26H39FO. The fourth-order valence-electron chi connectivity index (χ4n) is 6.42. The van der Waals surface area contributed by atoms with Gasteiger partial charge in [0.2, 0.25) is 0 Å². The van der Waals surface area contributed by atoms with Crippen molar-refractivity contribution in [3.8, 4) is 5.75 Å². The quantitative estimate of drug-likeness (QED) is 0.509. The molecule has 0 bridgehead atoms. The molecule has 1 aromatic rings. The van der Waals surface area contributed by atoms with Gasteiger partial charge in [-0.3, -0.25) is 0 Å². The van der Waals surface area contributed by atoms with Crippen LogP contribution < -0.4 is 4.74 Å². The molecule has 156 valence electrons. The number of fused-ring (bicyclic) bond motifs is 1. The Balaban J connectivity index is 1.28. The lowest BCUT2D eigenvalue weighted by Gasteiger charge is -2.40. The van der Waals surface area contributed by atoms with E-state index in [2.05, 4.69) is 6.92 Å². The first-order valence-corrected chi connectivity index (χ1v) is 12.2. The van der Waals surface area contributed by atoms with Crippen molar-refractivity contribution in [3.05, 3.63) is 29.1 Å². The van der Waals surface area contributed by atoms with E-state index < -0.39 is 0 Å². The number of hydrogen-bond acceptors (Lipinski definition) is 1. The summed E-state index contributed by atoms with van der Waals surface area (Å²) in [4.78, 5) is 0. The Bertz CT molecular complexity index is 638. The minimum atomic E-state index is -0.0933. The van der Waals surface area contributed by atoms with E-state index in [9.17, 15) is 4.39 Å². The second-order valence-electron chi connectivity index (χ2n) is 9.84. The maximum atomic E-state index is 14.2. The summed E-state index contributed by atoms with van der Waals surface area (Å²) in [5.74, 6) is 4.37. The highest BCUT2D eigenvalue weighted by Crippen LogP contribution is 2.44. The van der Waals surface area contributed by atoms with Crippen molar-refractivity contribution in [1.82, 2.24) is 0 Å². The summed E-state index contributed by atoms with van der Waals surface area (Å²) in [6.07, 6.45) is 17.4. The molecule has 0 N–H and O–H groups in total. The number of rotatable bonds is 5. The molecule has 1 heterocycles. The molecule has 0 saturated heterocycles. The second-order valence-corrected chi connectivity index (χ2v) is 9.84. The lowest BCUT2D eigenvalue weighted by Crippen LogP contribution is -2.35. The number of ether oxygens (including phenoxy) is 1. The van der Waals surface area contributed by atoms with Crippen LogP contribution in [0.5, 0.6) is 5.75 Å². The van der Waals surface area contributed by atoms with Crippen LogP contribution in [-0.2, 0) is 12.8 Å². The zero-order valence-corrected chi connectivity index (χ0v) is 18.0. The summed E-state index contributed by atoms with van der Waals surface area (Å²) in [5.41, 5.74) is 2.04. The van der Waals surface area contributed by atoms with Crippen molar-refractivity contribution >= 4 is 0 Å². The zero-order valence-electron chi connectivity index (χ0n) is 18.0. The fourth-order valence-corrected chi connectivity index (χ4v) is 6.42. The Morgan fingerprint density at radius 3 is 2.14 bits per heavy atom. The van der Waals surface area contributed by atoms with Gasteiger partial charge in [-0.25, -0.2) is 4.39 Å². The van der Waals surface area contributed by atoms with E-state index >= 15 is 0 Å². The predicted octanol–water partition coefficient (Wildman–Crippen LogP) is 7.49. The molecule has 4 rings (SSSR count). The molecule has 0 aromatic heterocycles.